The number of hydrogen-bond acceptors (Lipinski definition) is 4. The Morgan fingerprint density at radius 2 is 2.00 bits per heavy atom. The smallest absolute Gasteiger partial charge is 0.260 e. The Kier molecular flexibility index (Phi) is 5.11. The van der Waals surface area contributed by atoms with Gasteiger partial charge in [-0.2, -0.15) is 4.31 Å². The molecule has 0 amide bonds. The normalized spacial score (nSPS) is 13.7. The first-order chi connectivity index (χ1) is 10.8. The highest BCUT2D eigenvalue weighted by Gasteiger charge is 2.30. The topological polar surface area (TPSA) is 86.3 Å². The molecular formula is C16H23N3O3S. The molecule has 0 saturated heterocycles. The third kappa shape index (κ3) is 3.56. The Morgan fingerprint density at radius 1 is 1.30 bits per heavy atom. The summed E-state index contributed by atoms with van der Waals surface area (Å²) in [6, 6.07) is 6.24. The average Bonchev–Trinajstić information content (AvgIpc) is 2.98. The van der Waals surface area contributed by atoms with Gasteiger partial charge in [0.15, 0.2) is 5.03 Å². The number of phenols is 1. The van der Waals surface area contributed by atoms with Gasteiger partial charge in [-0.05, 0) is 24.6 Å². The molecule has 1 aromatic carbocycles. The van der Waals surface area contributed by atoms with Crippen molar-refractivity contribution in [3.63, 3.8) is 0 Å². The molecule has 0 aliphatic carbocycles. The maximum atomic E-state index is 12.9. The van der Waals surface area contributed by atoms with Crippen LogP contribution in [0.1, 0.15) is 51.0 Å². The highest BCUT2D eigenvalue weighted by atomic mass is 32.2. The van der Waals surface area contributed by atoms with Crippen LogP contribution in [-0.2, 0) is 10.0 Å². The molecule has 0 fully saturated rings. The minimum atomic E-state index is -3.69. The molecule has 1 unspecified atom stereocenters. The van der Waals surface area contributed by atoms with E-state index in [0.717, 1.165) is 5.56 Å². The van der Waals surface area contributed by atoms with E-state index in [-0.39, 0.29) is 16.7 Å². The predicted molar refractivity (Wildman–Crippen MR) is 88.8 cm³/mol. The molecule has 1 heterocycles. The fourth-order valence-corrected chi connectivity index (χ4v) is 4.02. The van der Waals surface area contributed by atoms with Gasteiger partial charge in [0, 0.05) is 18.5 Å². The summed E-state index contributed by atoms with van der Waals surface area (Å²) < 4.78 is 27.2. The fourth-order valence-electron chi connectivity index (χ4n) is 2.47. The van der Waals surface area contributed by atoms with Crippen LogP contribution in [0.3, 0.4) is 0 Å². The monoisotopic (exact) mass is 337 g/mol. The van der Waals surface area contributed by atoms with E-state index < -0.39 is 16.1 Å². The van der Waals surface area contributed by atoms with Crippen molar-refractivity contribution in [3.8, 4) is 5.75 Å². The van der Waals surface area contributed by atoms with Crippen LogP contribution in [0.4, 0.5) is 0 Å². The SMILES string of the molecule is CCN(C(C)c1cccc(O)c1)S(=O)(=O)c1cnc(C(C)C)[nH]1. The van der Waals surface area contributed by atoms with Gasteiger partial charge in [0.25, 0.3) is 10.0 Å². The zero-order valence-corrected chi connectivity index (χ0v) is 14.6. The first-order valence-corrected chi connectivity index (χ1v) is 9.07. The number of imidazole rings is 1. The van der Waals surface area contributed by atoms with E-state index in [1.54, 1.807) is 38.1 Å². The number of hydrogen-bond donors (Lipinski definition) is 2. The molecule has 2 aromatic rings. The number of nitrogens with zero attached hydrogens (tertiary/aromatic N) is 2. The van der Waals surface area contributed by atoms with Crippen molar-refractivity contribution in [3.05, 3.63) is 41.9 Å². The third-order valence-corrected chi connectivity index (χ3v) is 5.76. The molecule has 0 radical (unpaired) electrons. The van der Waals surface area contributed by atoms with Gasteiger partial charge in [-0.3, -0.25) is 0 Å². The van der Waals surface area contributed by atoms with E-state index in [9.17, 15) is 13.5 Å². The summed E-state index contributed by atoms with van der Waals surface area (Å²) in [6.45, 7) is 7.80. The lowest BCUT2D eigenvalue weighted by atomic mass is 10.1. The van der Waals surface area contributed by atoms with Crippen LogP contribution in [-0.4, -0.2) is 34.3 Å². The summed E-state index contributed by atoms with van der Waals surface area (Å²) in [4.78, 5) is 7.04. The van der Waals surface area contributed by atoms with Crippen molar-refractivity contribution in [1.82, 2.24) is 14.3 Å². The van der Waals surface area contributed by atoms with E-state index in [1.807, 2.05) is 13.8 Å². The lowest BCUT2D eigenvalue weighted by Crippen LogP contribution is -2.33. The summed E-state index contributed by atoms with van der Waals surface area (Å²) in [6.07, 6.45) is 1.36. The van der Waals surface area contributed by atoms with Crippen molar-refractivity contribution < 1.29 is 13.5 Å². The highest BCUT2D eigenvalue weighted by molar-refractivity contribution is 7.89. The van der Waals surface area contributed by atoms with Gasteiger partial charge in [0.2, 0.25) is 0 Å². The lowest BCUT2D eigenvalue weighted by Gasteiger charge is -2.26. The van der Waals surface area contributed by atoms with E-state index >= 15 is 0 Å². The number of aromatic hydroxyl groups is 1. The zero-order valence-electron chi connectivity index (χ0n) is 13.8. The summed E-state index contributed by atoms with van der Waals surface area (Å²) in [5.74, 6) is 0.883. The molecule has 1 atom stereocenters. The minimum Gasteiger partial charge on any atom is -0.508 e. The quantitative estimate of drug-likeness (QED) is 0.848. The van der Waals surface area contributed by atoms with Gasteiger partial charge in [0.05, 0.1) is 6.20 Å². The molecule has 0 bridgehead atoms. The Labute approximate surface area is 137 Å². The Bertz CT molecular complexity index is 768. The minimum absolute atomic E-state index is 0.0926. The molecule has 0 spiro atoms. The standard InChI is InChI=1S/C16H23N3O3S/c1-5-19(12(4)13-7-6-8-14(20)9-13)23(21,22)15-10-17-16(18-15)11(2)3/h6-12,20H,5H2,1-4H3,(H,17,18). The van der Waals surface area contributed by atoms with Gasteiger partial charge >= 0.3 is 0 Å². The molecular weight excluding hydrogens is 314 g/mol. The Morgan fingerprint density at radius 3 is 2.52 bits per heavy atom. The highest BCUT2D eigenvalue weighted by Crippen LogP contribution is 2.28. The average molecular weight is 337 g/mol. The van der Waals surface area contributed by atoms with Gasteiger partial charge in [-0.25, -0.2) is 13.4 Å². The number of nitrogens with one attached hydrogen (secondary N) is 1. The van der Waals surface area contributed by atoms with Crippen LogP contribution in [0.15, 0.2) is 35.5 Å². The molecule has 6 nitrogen and oxygen atoms in total. The number of phenolic OH excluding ortho intramolecular Hbond substituents is 1. The van der Waals surface area contributed by atoms with Crippen molar-refractivity contribution in [2.45, 2.75) is 44.7 Å². The number of aromatic amines is 1. The van der Waals surface area contributed by atoms with Crippen LogP contribution in [0.2, 0.25) is 0 Å². The molecule has 0 saturated carbocycles. The van der Waals surface area contributed by atoms with E-state index in [4.69, 9.17) is 0 Å². The van der Waals surface area contributed by atoms with Crippen LogP contribution >= 0.6 is 0 Å². The number of rotatable bonds is 6. The van der Waals surface area contributed by atoms with Crippen LogP contribution < -0.4 is 0 Å². The van der Waals surface area contributed by atoms with Gasteiger partial charge in [-0.1, -0.05) is 32.9 Å². The van der Waals surface area contributed by atoms with Crippen molar-refractivity contribution in [2.75, 3.05) is 6.54 Å². The number of sulfonamides is 1. The summed E-state index contributed by atoms with van der Waals surface area (Å²) in [7, 11) is -3.69. The molecule has 7 heteroatoms. The number of H-pyrrole nitrogens is 1. The second-order valence-corrected chi connectivity index (χ2v) is 7.63. The van der Waals surface area contributed by atoms with Gasteiger partial charge in [0.1, 0.15) is 11.6 Å². The van der Waals surface area contributed by atoms with Crippen molar-refractivity contribution in [2.24, 2.45) is 0 Å². The molecule has 0 aliphatic heterocycles. The largest absolute Gasteiger partial charge is 0.508 e. The Hall–Kier alpha value is -1.86. The third-order valence-electron chi connectivity index (χ3n) is 3.80. The first-order valence-electron chi connectivity index (χ1n) is 7.63. The fraction of sp³-hybridized carbons (Fsp3) is 0.438. The predicted octanol–water partition coefficient (Wildman–Crippen LogP) is 3.01. The molecule has 126 valence electrons. The summed E-state index contributed by atoms with van der Waals surface area (Å²) >= 11 is 0. The van der Waals surface area contributed by atoms with Crippen LogP contribution in [0.5, 0.6) is 5.75 Å². The zero-order chi connectivity index (χ0) is 17.2. The van der Waals surface area contributed by atoms with E-state index in [1.165, 1.54) is 10.5 Å². The maximum Gasteiger partial charge on any atom is 0.260 e. The van der Waals surface area contributed by atoms with Crippen molar-refractivity contribution in [1.29, 1.82) is 0 Å². The summed E-state index contributed by atoms with van der Waals surface area (Å²) in [5, 5.41) is 9.71. The molecule has 1 aromatic heterocycles. The van der Waals surface area contributed by atoms with Crippen LogP contribution in [0, 0.1) is 0 Å². The van der Waals surface area contributed by atoms with Crippen LogP contribution in [0.25, 0.3) is 0 Å². The molecule has 2 rings (SSSR count). The first kappa shape index (κ1) is 17.5. The lowest BCUT2D eigenvalue weighted by molar-refractivity contribution is 0.354. The molecule has 2 N–H and O–H groups in total. The summed E-state index contributed by atoms with van der Waals surface area (Å²) in [5.41, 5.74) is 0.735. The maximum absolute atomic E-state index is 12.9. The second kappa shape index (κ2) is 6.72. The van der Waals surface area contributed by atoms with E-state index in [0.29, 0.717) is 12.4 Å². The van der Waals surface area contributed by atoms with Gasteiger partial charge in [-0.15, -0.1) is 0 Å². The van der Waals surface area contributed by atoms with E-state index in [2.05, 4.69) is 9.97 Å². The number of benzene rings is 1. The van der Waals surface area contributed by atoms with Gasteiger partial charge < -0.3 is 10.1 Å². The molecule has 0 aliphatic rings. The molecule has 23 heavy (non-hydrogen) atoms. The second-order valence-electron chi connectivity index (χ2n) is 5.77. The van der Waals surface area contributed by atoms with Crippen molar-refractivity contribution >= 4 is 10.0 Å². The number of aromatic nitrogens is 2. The Balaban J connectivity index is 2.38.